The van der Waals surface area contributed by atoms with E-state index in [1.165, 1.54) is 45.1 Å². The number of nitrogens with one attached hydrogen (secondary N) is 1. The molecule has 2 aliphatic rings. The fourth-order valence-corrected chi connectivity index (χ4v) is 2.45. The average Bonchev–Trinajstić information content (AvgIpc) is 2.28. The summed E-state index contributed by atoms with van der Waals surface area (Å²) in [6.07, 6.45) is 8.83. The molecule has 0 spiro atoms. The van der Waals surface area contributed by atoms with Gasteiger partial charge in [-0.25, -0.2) is 0 Å². The predicted octanol–water partition coefficient (Wildman–Crippen LogP) is 1.93. The van der Waals surface area contributed by atoms with Crippen LogP contribution >= 0.6 is 0 Å². The Morgan fingerprint density at radius 3 is 2.80 bits per heavy atom. The molecular weight excluding hydrogens is 122 g/mol. The number of fused-ring (bicyclic) bond motifs is 1. The normalized spacial score (nSPS) is 40.8. The minimum atomic E-state index is 0.905. The molecule has 0 amide bonds. The van der Waals surface area contributed by atoms with E-state index in [0.29, 0.717) is 0 Å². The van der Waals surface area contributed by atoms with E-state index < -0.39 is 0 Å². The molecule has 0 aromatic rings. The SMILES string of the molecule is C1CC[C@H]2CCN[C@@H]2CC1. The van der Waals surface area contributed by atoms with E-state index in [2.05, 4.69) is 5.32 Å². The molecule has 1 heteroatoms. The Bertz CT molecular complexity index is 99.3. The minimum absolute atomic E-state index is 0.905. The number of hydrogen-bond acceptors (Lipinski definition) is 1. The maximum atomic E-state index is 3.60. The average molecular weight is 139 g/mol. The molecule has 1 heterocycles. The largest absolute Gasteiger partial charge is 0.314 e. The molecule has 58 valence electrons. The molecule has 1 saturated carbocycles. The summed E-state index contributed by atoms with van der Waals surface area (Å²) in [5.41, 5.74) is 0. The van der Waals surface area contributed by atoms with Crippen LogP contribution in [-0.4, -0.2) is 12.6 Å². The van der Waals surface area contributed by atoms with Gasteiger partial charge in [-0.05, 0) is 31.7 Å². The molecule has 0 aromatic heterocycles. The van der Waals surface area contributed by atoms with E-state index in [9.17, 15) is 0 Å². The first kappa shape index (κ1) is 6.66. The Labute approximate surface area is 63.2 Å². The molecule has 0 radical (unpaired) electrons. The molecule has 0 bridgehead atoms. The van der Waals surface area contributed by atoms with Crippen LogP contribution in [0.2, 0.25) is 0 Å². The molecular formula is C9H17N. The van der Waals surface area contributed by atoms with Crippen molar-refractivity contribution in [3.05, 3.63) is 0 Å². The summed E-state index contributed by atoms with van der Waals surface area (Å²) < 4.78 is 0. The van der Waals surface area contributed by atoms with Gasteiger partial charge in [-0.15, -0.1) is 0 Å². The van der Waals surface area contributed by atoms with Crippen LogP contribution in [0, 0.1) is 5.92 Å². The molecule has 1 nitrogen and oxygen atoms in total. The Kier molecular flexibility index (Phi) is 1.94. The van der Waals surface area contributed by atoms with Crippen molar-refractivity contribution in [1.82, 2.24) is 5.32 Å². The Balaban J connectivity index is 1.95. The van der Waals surface area contributed by atoms with Gasteiger partial charge in [-0.3, -0.25) is 0 Å². The zero-order valence-electron chi connectivity index (χ0n) is 6.60. The van der Waals surface area contributed by atoms with Gasteiger partial charge in [0, 0.05) is 6.04 Å². The van der Waals surface area contributed by atoms with Gasteiger partial charge in [-0.2, -0.15) is 0 Å². The lowest BCUT2D eigenvalue weighted by molar-refractivity contribution is 0.425. The van der Waals surface area contributed by atoms with Gasteiger partial charge in [0.2, 0.25) is 0 Å². The van der Waals surface area contributed by atoms with E-state index in [1.54, 1.807) is 0 Å². The topological polar surface area (TPSA) is 12.0 Å². The fraction of sp³-hybridized carbons (Fsp3) is 1.00. The van der Waals surface area contributed by atoms with Crippen molar-refractivity contribution in [3.8, 4) is 0 Å². The Morgan fingerprint density at radius 1 is 0.900 bits per heavy atom. The van der Waals surface area contributed by atoms with E-state index >= 15 is 0 Å². The highest BCUT2D eigenvalue weighted by atomic mass is 14.9. The number of hydrogen-bond donors (Lipinski definition) is 1. The first-order valence-electron chi connectivity index (χ1n) is 4.70. The van der Waals surface area contributed by atoms with Crippen molar-refractivity contribution in [2.75, 3.05) is 6.54 Å². The summed E-state index contributed by atoms with van der Waals surface area (Å²) in [5.74, 6) is 1.04. The van der Waals surface area contributed by atoms with Crippen molar-refractivity contribution in [1.29, 1.82) is 0 Å². The van der Waals surface area contributed by atoms with Crippen LogP contribution in [0.15, 0.2) is 0 Å². The van der Waals surface area contributed by atoms with Crippen molar-refractivity contribution in [2.24, 2.45) is 5.92 Å². The third kappa shape index (κ3) is 1.20. The number of rotatable bonds is 0. The first-order chi connectivity index (χ1) is 4.97. The monoisotopic (exact) mass is 139 g/mol. The third-order valence-electron chi connectivity index (χ3n) is 3.08. The van der Waals surface area contributed by atoms with E-state index in [0.717, 1.165) is 12.0 Å². The highest BCUT2D eigenvalue weighted by Gasteiger charge is 2.27. The second kappa shape index (κ2) is 2.91. The second-order valence-corrected chi connectivity index (χ2v) is 3.75. The first-order valence-corrected chi connectivity index (χ1v) is 4.70. The smallest absolute Gasteiger partial charge is 0.00958 e. The van der Waals surface area contributed by atoms with Gasteiger partial charge in [0.05, 0.1) is 0 Å². The molecule has 1 N–H and O–H groups in total. The Hall–Kier alpha value is -0.0400. The maximum absolute atomic E-state index is 3.60. The molecule has 1 saturated heterocycles. The van der Waals surface area contributed by atoms with Crippen LogP contribution in [0.25, 0.3) is 0 Å². The molecule has 1 aliphatic carbocycles. The quantitative estimate of drug-likeness (QED) is 0.540. The highest BCUT2D eigenvalue weighted by molar-refractivity contribution is 4.85. The zero-order valence-corrected chi connectivity index (χ0v) is 6.60. The summed E-state index contributed by atoms with van der Waals surface area (Å²) in [7, 11) is 0. The van der Waals surface area contributed by atoms with Gasteiger partial charge in [-0.1, -0.05) is 19.3 Å². The molecule has 0 unspecified atom stereocenters. The zero-order chi connectivity index (χ0) is 6.81. The Morgan fingerprint density at radius 2 is 1.80 bits per heavy atom. The van der Waals surface area contributed by atoms with Crippen molar-refractivity contribution >= 4 is 0 Å². The van der Waals surface area contributed by atoms with Gasteiger partial charge in [0.15, 0.2) is 0 Å². The lowest BCUT2D eigenvalue weighted by Gasteiger charge is -2.14. The van der Waals surface area contributed by atoms with Crippen LogP contribution in [0.5, 0.6) is 0 Å². The maximum Gasteiger partial charge on any atom is 0.00958 e. The fourth-order valence-electron chi connectivity index (χ4n) is 2.45. The van der Waals surface area contributed by atoms with E-state index in [-0.39, 0.29) is 0 Å². The van der Waals surface area contributed by atoms with Crippen LogP contribution < -0.4 is 5.32 Å². The van der Waals surface area contributed by atoms with Crippen molar-refractivity contribution in [3.63, 3.8) is 0 Å². The molecule has 2 rings (SSSR count). The lowest BCUT2D eigenvalue weighted by Crippen LogP contribution is -2.25. The van der Waals surface area contributed by atoms with Crippen molar-refractivity contribution in [2.45, 2.75) is 44.6 Å². The van der Waals surface area contributed by atoms with Crippen LogP contribution in [0.4, 0.5) is 0 Å². The van der Waals surface area contributed by atoms with Gasteiger partial charge in [0.25, 0.3) is 0 Å². The lowest BCUT2D eigenvalue weighted by atomic mass is 9.96. The standard InChI is InChI=1S/C9H17N/c1-2-4-8-6-7-10-9(8)5-3-1/h8-10H,1-7H2/t8-,9+/m0/s1. The van der Waals surface area contributed by atoms with Crippen LogP contribution in [0.1, 0.15) is 38.5 Å². The molecule has 1 aliphatic heterocycles. The second-order valence-electron chi connectivity index (χ2n) is 3.75. The van der Waals surface area contributed by atoms with Gasteiger partial charge < -0.3 is 5.32 Å². The van der Waals surface area contributed by atoms with Gasteiger partial charge >= 0.3 is 0 Å². The van der Waals surface area contributed by atoms with Crippen LogP contribution in [0.3, 0.4) is 0 Å². The summed E-state index contributed by atoms with van der Waals surface area (Å²) in [6.45, 7) is 1.29. The summed E-state index contributed by atoms with van der Waals surface area (Å²) >= 11 is 0. The molecule has 10 heavy (non-hydrogen) atoms. The van der Waals surface area contributed by atoms with Gasteiger partial charge in [0.1, 0.15) is 0 Å². The van der Waals surface area contributed by atoms with E-state index in [1.807, 2.05) is 0 Å². The highest BCUT2D eigenvalue weighted by Crippen LogP contribution is 2.28. The summed E-state index contributed by atoms with van der Waals surface area (Å²) in [4.78, 5) is 0. The molecule has 2 fully saturated rings. The molecule has 0 aromatic carbocycles. The van der Waals surface area contributed by atoms with Crippen molar-refractivity contribution < 1.29 is 0 Å². The van der Waals surface area contributed by atoms with E-state index in [4.69, 9.17) is 0 Å². The molecule has 2 atom stereocenters. The summed E-state index contributed by atoms with van der Waals surface area (Å²) in [6, 6.07) is 0.905. The summed E-state index contributed by atoms with van der Waals surface area (Å²) in [5, 5.41) is 3.60. The third-order valence-corrected chi connectivity index (χ3v) is 3.08. The van der Waals surface area contributed by atoms with Crippen LogP contribution in [-0.2, 0) is 0 Å². The predicted molar refractivity (Wildman–Crippen MR) is 43.0 cm³/mol. The minimum Gasteiger partial charge on any atom is -0.314 e.